The van der Waals surface area contributed by atoms with Gasteiger partial charge in [0.15, 0.2) is 11.5 Å². The van der Waals surface area contributed by atoms with Gasteiger partial charge in [0.2, 0.25) is 0 Å². The number of nitrogens with one attached hydrogen (secondary N) is 1. The Bertz CT molecular complexity index is 970. The lowest BCUT2D eigenvalue weighted by Gasteiger charge is -2.12. The van der Waals surface area contributed by atoms with Crippen LogP contribution in [-0.4, -0.2) is 38.7 Å². The molecule has 0 fully saturated rings. The van der Waals surface area contributed by atoms with Crippen LogP contribution in [0.25, 0.3) is 0 Å². The van der Waals surface area contributed by atoms with E-state index in [4.69, 9.17) is 9.47 Å². The molecule has 0 aliphatic rings. The van der Waals surface area contributed by atoms with Gasteiger partial charge in [-0.3, -0.25) is 9.48 Å². The van der Waals surface area contributed by atoms with Crippen molar-refractivity contribution in [3.8, 4) is 11.5 Å². The predicted octanol–water partition coefficient (Wildman–Crippen LogP) is 3.57. The van der Waals surface area contributed by atoms with Crippen molar-refractivity contribution in [1.29, 1.82) is 0 Å². The maximum Gasteiger partial charge on any atom is 0.333 e. The maximum atomic E-state index is 12.9. The van der Waals surface area contributed by atoms with Gasteiger partial charge in [0.1, 0.15) is 5.69 Å². The van der Waals surface area contributed by atoms with Crippen molar-refractivity contribution in [2.45, 2.75) is 26.9 Å². The standard InChI is InChI=1S/C19H21F2N5O3/c1-3-28-16-6-5-13(9-17(16)29-4-2)11-25-12-14(10-23-25)24-18(27)15-7-8-22-26(15)19(20)21/h5-10,12,19H,3-4,11H2,1-2H3,(H,24,27). The van der Waals surface area contributed by atoms with Crippen LogP contribution in [0.1, 0.15) is 36.4 Å². The molecule has 10 heteroatoms. The largest absolute Gasteiger partial charge is 0.490 e. The second-order valence-corrected chi connectivity index (χ2v) is 5.97. The number of benzene rings is 1. The Morgan fingerprint density at radius 1 is 1.14 bits per heavy atom. The fourth-order valence-corrected chi connectivity index (χ4v) is 2.74. The molecule has 154 valence electrons. The van der Waals surface area contributed by atoms with E-state index in [0.29, 0.717) is 41.6 Å². The number of anilines is 1. The molecule has 2 aromatic heterocycles. The zero-order valence-electron chi connectivity index (χ0n) is 16.0. The molecule has 1 aromatic carbocycles. The summed E-state index contributed by atoms with van der Waals surface area (Å²) < 4.78 is 38.8. The van der Waals surface area contributed by atoms with Gasteiger partial charge in [-0.2, -0.15) is 23.7 Å². The molecule has 0 bridgehead atoms. The highest BCUT2D eigenvalue weighted by atomic mass is 19.3. The van der Waals surface area contributed by atoms with E-state index >= 15 is 0 Å². The molecule has 1 N–H and O–H groups in total. The molecule has 8 nitrogen and oxygen atoms in total. The van der Waals surface area contributed by atoms with Crippen LogP contribution in [0.5, 0.6) is 11.5 Å². The number of amides is 1. The average molecular weight is 405 g/mol. The summed E-state index contributed by atoms with van der Waals surface area (Å²) in [6, 6.07) is 6.83. The molecule has 0 aliphatic heterocycles. The van der Waals surface area contributed by atoms with Crippen LogP contribution < -0.4 is 14.8 Å². The maximum absolute atomic E-state index is 12.9. The number of carbonyl (C=O) groups excluding carboxylic acids is 1. The van der Waals surface area contributed by atoms with E-state index in [2.05, 4.69) is 15.5 Å². The van der Waals surface area contributed by atoms with Crippen LogP contribution in [0.3, 0.4) is 0 Å². The first-order valence-corrected chi connectivity index (χ1v) is 9.05. The third-order valence-corrected chi connectivity index (χ3v) is 3.93. The molecule has 0 saturated heterocycles. The van der Waals surface area contributed by atoms with Crippen molar-refractivity contribution in [1.82, 2.24) is 19.6 Å². The van der Waals surface area contributed by atoms with Crippen molar-refractivity contribution < 1.29 is 23.0 Å². The molecular weight excluding hydrogens is 384 g/mol. The predicted molar refractivity (Wildman–Crippen MR) is 102 cm³/mol. The van der Waals surface area contributed by atoms with Gasteiger partial charge in [-0.1, -0.05) is 6.07 Å². The Labute approximate surface area is 166 Å². The van der Waals surface area contributed by atoms with E-state index in [-0.39, 0.29) is 5.69 Å². The van der Waals surface area contributed by atoms with E-state index in [1.54, 1.807) is 10.9 Å². The van der Waals surface area contributed by atoms with E-state index in [0.717, 1.165) is 11.8 Å². The van der Waals surface area contributed by atoms with Crippen LogP contribution in [0.2, 0.25) is 0 Å². The number of hydrogen-bond acceptors (Lipinski definition) is 5. The summed E-state index contributed by atoms with van der Waals surface area (Å²) in [5.41, 5.74) is 1.07. The minimum atomic E-state index is -2.90. The lowest BCUT2D eigenvalue weighted by atomic mass is 10.2. The number of aromatic nitrogens is 4. The van der Waals surface area contributed by atoms with Gasteiger partial charge < -0.3 is 14.8 Å². The van der Waals surface area contributed by atoms with Gasteiger partial charge in [-0.15, -0.1) is 0 Å². The second-order valence-electron chi connectivity index (χ2n) is 5.97. The van der Waals surface area contributed by atoms with Gasteiger partial charge in [0.05, 0.1) is 31.6 Å². The lowest BCUT2D eigenvalue weighted by molar-refractivity contribution is 0.0520. The number of hydrogen-bond donors (Lipinski definition) is 1. The van der Waals surface area contributed by atoms with Crippen LogP contribution >= 0.6 is 0 Å². The summed E-state index contributed by atoms with van der Waals surface area (Å²) in [6.07, 6.45) is 4.20. The molecule has 0 spiro atoms. The molecule has 0 radical (unpaired) electrons. The van der Waals surface area contributed by atoms with Gasteiger partial charge in [-0.05, 0) is 37.6 Å². The van der Waals surface area contributed by atoms with Crippen molar-refractivity contribution in [2.75, 3.05) is 18.5 Å². The monoisotopic (exact) mass is 405 g/mol. The third-order valence-electron chi connectivity index (χ3n) is 3.93. The van der Waals surface area contributed by atoms with Crippen LogP contribution in [-0.2, 0) is 6.54 Å². The van der Waals surface area contributed by atoms with Crippen LogP contribution in [0, 0.1) is 0 Å². The van der Waals surface area contributed by atoms with Crippen LogP contribution in [0.15, 0.2) is 42.9 Å². The summed E-state index contributed by atoms with van der Waals surface area (Å²) in [4.78, 5) is 12.2. The van der Waals surface area contributed by atoms with E-state index in [1.165, 1.54) is 12.3 Å². The number of ether oxygens (including phenoxy) is 2. The SMILES string of the molecule is CCOc1ccc(Cn2cc(NC(=O)c3ccnn3C(F)F)cn2)cc1OCC. The summed E-state index contributed by atoms with van der Waals surface area (Å²) in [6.45, 7) is 2.37. The lowest BCUT2D eigenvalue weighted by Crippen LogP contribution is -2.18. The molecule has 1 amide bonds. The summed E-state index contributed by atoms with van der Waals surface area (Å²) in [7, 11) is 0. The molecule has 0 aliphatic carbocycles. The quantitative estimate of drug-likeness (QED) is 0.588. The summed E-state index contributed by atoms with van der Waals surface area (Å²) in [5.74, 6) is 0.622. The number of halogens is 2. The number of carbonyl (C=O) groups is 1. The van der Waals surface area contributed by atoms with Crippen molar-refractivity contribution in [3.05, 3.63) is 54.1 Å². The van der Waals surface area contributed by atoms with E-state index in [9.17, 15) is 13.6 Å². The van der Waals surface area contributed by atoms with Crippen molar-refractivity contribution in [2.24, 2.45) is 0 Å². The Morgan fingerprint density at radius 3 is 2.62 bits per heavy atom. The van der Waals surface area contributed by atoms with Gasteiger partial charge in [0, 0.05) is 12.4 Å². The number of nitrogens with zero attached hydrogens (tertiary/aromatic N) is 4. The highest BCUT2D eigenvalue weighted by Gasteiger charge is 2.18. The molecule has 3 aromatic rings. The summed E-state index contributed by atoms with van der Waals surface area (Å²) >= 11 is 0. The fraction of sp³-hybridized carbons (Fsp3) is 0.316. The van der Waals surface area contributed by atoms with Gasteiger partial charge in [-0.25, -0.2) is 0 Å². The highest BCUT2D eigenvalue weighted by molar-refractivity contribution is 6.02. The van der Waals surface area contributed by atoms with Crippen LogP contribution in [0.4, 0.5) is 14.5 Å². The fourth-order valence-electron chi connectivity index (χ4n) is 2.74. The zero-order chi connectivity index (χ0) is 20.8. The first kappa shape index (κ1) is 20.3. The molecule has 2 heterocycles. The normalized spacial score (nSPS) is 10.9. The zero-order valence-corrected chi connectivity index (χ0v) is 16.0. The van der Waals surface area contributed by atoms with E-state index < -0.39 is 12.5 Å². The molecule has 3 rings (SSSR count). The minimum Gasteiger partial charge on any atom is -0.490 e. The Balaban J connectivity index is 1.69. The van der Waals surface area contributed by atoms with Gasteiger partial charge >= 0.3 is 6.55 Å². The number of rotatable bonds is 9. The average Bonchev–Trinajstić information content (AvgIpc) is 3.34. The smallest absolute Gasteiger partial charge is 0.333 e. The molecule has 29 heavy (non-hydrogen) atoms. The molecule has 0 saturated carbocycles. The second kappa shape index (κ2) is 9.18. The van der Waals surface area contributed by atoms with Crippen molar-refractivity contribution in [3.63, 3.8) is 0 Å². The molecule has 0 unspecified atom stereocenters. The Morgan fingerprint density at radius 2 is 1.90 bits per heavy atom. The number of alkyl halides is 2. The van der Waals surface area contributed by atoms with Gasteiger partial charge in [0.25, 0.3) is 5.91 Å². The molecular formula is C19H21F2N5O3. The molecule has 0 atom stereocenters. The Kier molecular flexibility index (Phi) is 6.43. The van der Waals surface area contributed by atoms with E-state index in [1.807, 2.05) is 32.0 Å². The third kappa shape index (κ3) is 4.89. The Hall–Kier alpha value is -3.43. The topological polar surface area (TPSA) is 83.2 Å². The first-order chi connectivity index (χ1) is 14.0. The highest BCUT2D eigenvalue weighted by Crippen LogP contribution is 2.29. The minimum absolute atomic E-state index is 0.236. The summed E-state index contributed by atoms with van der Waals surface area (Å²) in [5, 5.41) is 10.2. The van der Waals surface area contributed by atoms with Crippen molar-refractivity contribution >= 4 is 11.6 Å². The first-order valence-electron chi connectivity index (χ1n) is 9.05.